The summed E-state index contributed by atoms with van der Waals surface area (Å²) in [4.78, 5) is 31.9. The molecule has 0 radical (unpaired) electrons. The molecular formula is C36H47N7O3. The van der Waals surface area contributed by atoms with Crippen molar-refractivity contribution in [3.05, 3.63) is 53.7 Å². The highest BCUT2D eigenvalue weighted by molar-refractivity contribution is 5.94. The molecule has 46 heavy (non-hydrogen) atoms. The maximum atomic E-state index is 13.1. The monoisotopic (exact) mass is 625 g/mol. The van der Waals surface area contributed by atoms with E-state index in [1.165, 1.54) is 16.5 Å². The van der Waals surface area contributed by atoms with Crippen LogP contribution in [0.5, 0.6) is 6.01 Å². The molecule has 1 unspecified atom stereocenters. The summed E-state index contributed by atoms with van der Waals surface area (Å²) in [5.74, 6) is 0.867. The Balaban J connectivity index is 1.30. The molecule has 3 aromatic rings. The Morgan fingerprint density at radius 1 is 1.00 bits per heavy atom. The number of hydrogen-bond donors (Lipinski definition) is 0. The van der Waals surface area contributed by atoms with Gasteiger partial charge in [-0.15, -0.1) is 0 Å². The second-order valence-corrected chi connectivity index (χ2v) is 14.1. The minimum Gasteiger partial charge on any atom is -0.460 e. The topological polar surface area (TPSA) is 98.1 Å². The van der Waals surface area contributed by atoms with Gasteiger partial charge in [-0.25, -0.2) is 4.79 Å². The van der Waals surface area contributed by atoms with E-state index in [0.717, 1.165) is 55.7 Å². The number of anilines is 2. The molecule has 0 spiro atoms. The zero-order chi connectivity index (χ0) is 32.4. The first-order valence-electron chi connectivity index (χ1n) is 16.7. The van der Waals surface area contributed by atoms with Crippen molar-refractivity contribution in [1.82, 2.24) is 19.8 Å². The van der Waals surface area contributed by atoms with E-state index in [9.17, 15) is 10.1 Å². The highest BCUT2D eigenvalue weighted by Gasteiger charge is 2.36. The van der Waals surface area contributed by atoms with Crippen LogP contribution in [0.4, 0.5) is 16.3 Å². The molecule has 10 nitrogen and oxygen atoms in total. The van der Waals surface area contributed by atoms with E-state index >= 15 is 0 Å². The van der Waals surface area contributed by atoms with Gasteiger partial charge in [0.1, 0.15) is 17.5 Å². The highest BCUT2D eigenvalue weighted by Crippen LogP contribution is 2.36. The quantitative estimate of drug-likeness (QED) is 0.338. The second kappa shape index (κ2) is 13.3. The number of fused-ring (bicyclic) bond motifs is 2. The molecule has 0 N–H and O–H groups in total. The molecule has 3 heterocycles. The molecule has 1 aliphatic carbocycles. The Bertz CT molecular complexity index is 1580. The van der Waals surface area contributed by atoms with E-state index in [0.29, 0.717) is 38.2 Å². The Kier molecular flexibility index (Phi) is 9.23. The van der Waals surface area contributed by atoms with Gasteiger partial charge < -0.3 is 29.1 Å². The van der Waals surface area contributed by atoms with Gasteiger partial charge in [0, 0.05) is 48.9 Å². The van der Waals surface area contributed by atoms with Crippen LogP contribution in [0.15, 0.2) is 42.5 Å². The molecule has 3 aliphatic rings. The predicted octanol–water partition coefficient (Wildman–Crippen LogP) is 5.78. The molecule has 2 aliphatic heterocycles. The number of carbonyl (C=O) groups excluding carboxylic acids is 1. The largest absolute Gasteiger partial charge is 0.460 e. The van der Waals surface area contributed by atoms with Crippen molar-refractivity contribution in [3.63, 3.8) is 0 Å². The van der Waals surface area contributed by atoms with Crippen molar-refractivity contribution in [3.8, 4) is 12.1 Å². The van der Waals surface area contributed by atoms with Gasteiger partial charge in [-0.2, -0.15) is 15.2 Å². The van der Waals surface area contributed by atoms with E-state index < -0.39 is 5.60 Å². The van der Waals surface area contributed by atoms with Gasteiger partial charge in [-0.1, -0.05) is 36.4 Å². The number of ether oxygens (including phenoxy) is 2. The van der Waals surface area contributed by atoms with Crippen LogP contribution in [-0.4, -0.2) is 89.9 Å². The summed E-state index contributed by atoms with van der Waals surface area (Å²) in [6.07, 6.45) is 4.84. The first-order valence-corrected chi connectivity index (χ1v) is 16.7. The summed E-state index contributed by atoms with van der Waals surface area (Å²) in [7, 11) is 4.29. The van der Waals surface area contributed by atoms with E-state index in [1.54, 1.807) is 4.90 Å². The minimum absolute atomic E-state index is 0.0789. The Morgan fingerprint density at radius 2 is 1.76 bits per heavy atom. The molecule has 1 saturated carbocycles. The van der Waals surface area contributed by atoms with Crippen LogP contribution in [0.1, 0.15) is 64.1 Å². The summed E-state index contributed by atoms with van der Waals surface area (Å²) in [5, 5.41) is 12.1. The first kappa shape index (κ1) is 31.9. The molecule has 2 aromatic carbocycles. The SMILES string of the molecule is CN(C)[C@H]1CC[C@H](Oc2nc3c(c(N4CCN(C(=O)OC(C)(C)C)C(CC#N)C4)n2)CCN(c2cccc4ccccc24)C3)CC1. The van der Waals surface area contributed by atoms with Crippen molar-refractivity contribution < 1.29 is 14.3 Å². The van der Waals surface area contributed by atoms with Crippen LogP contribution < -0.4 is 14.5 Å². The van der Waals surface area contributed by atoms with Gasteiger partial charge in [0.25, 0.3) is 0 Å². The zero-order valence-electron chi connectivity index (χ0n) is 27.9. The lowest BCUT2D eigenvalue weighted by Crippen LogP contribution is -2.56. The first-order chi connectivity index (χ1) is 22.1. The van der Waals surface area contributed by atoms with Gasteiger partial charge >= 0.3 is 12.1 Å². The third-order valence-electron chi connectivity index (χ3n) is 9.51. The average Bonchev–Trinajstić information content (AvgIpc) is 3.03. The third kappa shape index (κ3) is 7.00. The number of nitrogens with zero attached hydrogens (tertiary/aromatic N) is 7. The predicted molar refractivity (Wildman–Crippen MR) is 180 cm³/mol. The molecule has 1 aromatic heterocycles. The van der Waals surface area contributed by atoms with Gasteiger partial charge in [-0.3, -0.25) is 0 Å². The molecule has 1 atom stereocenters. The molecule has 6 rings (SSSR count). The molecule has 0 bridgehead atoms. The van der Waals surface area contributed by atoms with Crippen LogP contribution in [0.3, 0.4) is 0 Å². The number of nitriles is 1. The average molecular weight is 626 g/mol. The van der Waals surface area contributed by atoms with Crippen LogP contribution in [-0.2, 0) is 17.7 Å². The molecular weight excluding hydrogens is 578 g/mol. The summed E-state index contributed by atoms with van der Waals surface area (Å²) in [6, 6.07) is 18.0. The van der Waals surface area contributed by atoms with Crippen molar-refractivity contribution in [2.24, 2.45) is 0 Å². The van der Waals surface area contributed by atoms with Gasteiger partial charge in [-0.05, 0) is 78.4 Å². The van der Waals surface area contributed by atoms with E-state index in [1.807, 2.05) is 20.8 Å². The van der Waals surface area contributed by atoms with Gasteiger partial charge in [0.15, 0.2) is 0 Å². The van der Waals surface area contributed by atoms with E-state index in [-0.39, 0.29) is 24.7 Å². The number of carbonyl (C=O) groups is 1. The standard InChI is InChI=1S/C36H47N7O3/c1-36(2,3)46-35(44)43-22-21-42(23-27(43)17-19-37)33-30-18-20-41(32-12-8-10-25-9-6-7-11-29(25)32)24-31(30)38-34(39-33)45-28-15-13-26(14-16-28)40(4)5/h6-12,26-28H,13-18,20-24H2,1-5H3/t26-,27?,28-. The summed E-state index contributed by atoms with van der Waals surface area (Å²) >= 11 is 0. The fraction of sp³-hybridized carbons (Fsp3) is 0.556. The Hall–Kier alpha value is -4.10. The fourth-order valence-corrected chi connectivity index (χ4v) is 7.11. The third-order valence-corrected chi connectivity index (χ3v) is 9.51. The van der Waals surface area contributed by atoms with Crippen LogP contribution in [0, 0.1) is 11.3 Å². The van der Waals surface area contributed by atoms with Crippen molar-refractivity contribution >= 4 is 28.4 Å². The Morgan fingerprint density at radius 3 is 2.50 bits per heavy atom. The number of piperazine rings is 1. The van der Waals surface area contributed by atoms with E-state index in [4.69, 9.17) is 19.4 Å². The molecule has 1 saturated heterocycles. The van der Waals surface area contributed by atoms with Crippen molar-refractivity contribution in [2.45, 2.75) is 89.6 Å². The van der Waals surface area contributed by atoms with Crippen molar-refractivity contribution in [2.75, 3.05) is 50.1 Å². The zero-order valence-corrected chi connectivity index (χ0v) is 27.9. The van der Waals surface area contributed by atoms with Gasteiger partial charge in [0.05, 0.1) is 30.8 Å². The number of benzene rings is 2. The maximum absolute atomic E-state index is 13.1. The second-order valence-electron chi connectivity index (χ2n) is 14.1. The van der Waals surface area contributed by atoms with Gasteiger partial charge in [0.2, 0.25) is 0 Å². The fourth-order valence-electron chi connectivity index (χ4n) is 7.11. The summed E-state index contributed by atoms with van der Waals surface area (Å²) in [5.41, 5.74) is 2.70. The number of rotatable bonds is 6. The van der Waals surface area contributed by atoms with E-state index in [2.05, 4.69) is 77.3 Å². The Labute approximate surface area is 272 Å². The smallest absolute Gasteiger partial charge is 0.410 e. The number of aromatic nitrogens is 2. The van der Waals surface area contributed by atoms with Crippen LogP contribution in [0.25, 0.3) is 10.8 Å². The highest BCUT2D eigenvalue weighted by atomic mass is 16.6. The molecule has 2 fully saturated rings. The lowest BCUT2D eigenvalue weighted by molar-refractivity contribution is 0.0144. The molecule has 244 valence electrons. The number of amides is 1. The maximum Gasteiger partial charge on any atom is 0.410 e. The molecule has 1 amide bonds. The van der Waals surface area contributed by atoms with Crippen molar-refractivity contribution in [1.29, 1.82) is 5.26 Å². The lowest BCUT2D eigenvalue weighted by Gasteiger charge is -2.42. The van der Waals surface area contributed by atoms with Crippen LogP contribution in [0.2, 0.25) is 0 Å². The lowest BCUT2D eigenvalue weighted by atomic mass is 9.92. The van der Waals surface area contributed by atoms with Crippen LogP contribution >= 0.6 is 0 Å². The molecule has 10 heteroatoms. The summed E-state index contributed by atoms with van der Waals surface area (Å²) in [6.45, 7) is 8.62. The normalized spacial score (nSPS) is 22.0. The number of hydrogen-bond acceptors (Lipinski definition) is 9. The minimum atomic E-state index is -0.606. The summed E-state index contributed by atoms with van der Waals surface area (Å²) < 4.78 is 12.3.